The number of imidazole rings is 1. The van der Waals surface area contributed by atoms with Gasteiger partial charge in [0.2, 0.25) is 0 Å². The van der Waals surface area contributed by atoms with E-state index < -0.39 is 0 Å². The van der Waals surface area contributed by atoms with Gasteiger partial charge in [-0.1, -0.05) is 20.8 Å². The van der Waals surface area contributed by atoms with E-state index in [0.717, 1.165) is 29.1 Å². The van der Waals surface area contributed by atoms with Crippen molar-refractivity contribution in [3.8, 4) is 0 Å². The number of aryl methyl sites for hydroxylation is 1. The Labute approximate surface area is 129 Å². The Morgan fingerprint density at radius 1 is 1.19 bits per heavy atom. The lowest BCUT2D eigenvalue weighted by Gasteiger charge is -2.19. The van der Waals surface area contributed by atoms with Crippen LogP contribution in [0.3, 0.4) is 0 Å². The summed E-state index contributed by atoms with van der Waals surface area (Å²) in [5, 5.41) is 0. The molecule has 2 aromatic heterocycles. The number of nitrogen functional groups attached to an aromatic ring is 1. The SMILES string of the molecule is Cc1ccc(Cn2c(C(C)(C)C)nc3cc(N)ccc32)s1. The Morgan fingerprint density at radius 2 is 1.95 bits per heavy atom. The normalized spacial score (nSPS) is 12.2. The molecule has 0 aliphatic rings. The van der Waals surface area contributed by atoms with Crippen LogP contribution in [-0.2, 0) is 12.0 Å². The smallest absolute Gasteiger partial charge is 0.115 e. The van der Waals surface area contributed by atoms with Crippen LogP contribution in [0.2, 0.25) is 0 Å². The first-order chi connectivity index (χ1) is 9.84. The van der Waals surface area contributed by atoms with E-state index in [-0.39, 0.29) is 5.41 Å². The fourth-order valence-corrected chi connectivity index (χ4v) is 3.48. The molecule has 3 nitrogen and oxygen atoms in total. The minimum atomic E-state index is 0.0000854. The molecule has 2 N–H and O–H groups in total. The van der Waals surface area contributed by atoms with Crippen molar-refractivity contribution in [2.75, 3.05) is 5.73 Å². The van der Waals surface area contributed by atoms with E-state index in [9.17, 15) is 0 Å². The molecule has 3 rings (SSSR count). The van der Waals surface area contributed by atoms with Crippen LogP contribution in [0.4, 0.5) is 5.69 Å². The zero-order valence-electron chi connectivity index (χ0n) is 13.0. The molecule has 0 radical (unpaired) electrons. The maximum absolute atomic E-state index is 5.90. The number of fused-ring (bicyclic) bond motifs is 1. The Morgan fingerprint density at radius 3 is 2.57 bits per heavy atom. The van der Waals surface area contributed by atoms with E-state index in [1.54, 1.807) is 0 Å². The van der Waals surface area contributed by atoms with Crippen molar-refractivity contribution in [3.63, 3.8) is 0 Å². The molecule has 3 aromatic rings. The number of nitrogens with two attached hydrogens (primary N) is 1. The van der Waals surface area contributed by atoms with Gasteiger partial charge >= 0.3 is 0 Å². The van der Waals surface area contributed by atoms with Gasteiger partial charge in [-0.3, -0.25) is 0 Å². The first-order valence-electron chi connectivity index (χ1n) is 7.16. The molecular formula is C17H21N3S. The molecule has 1 aromatic carbocycles. The van der Waals surface area contributed by atoms with Crippen molar-refractivity contribution < 1.29 is 0 Å². The van der Waals surface area contributed by atoms with Gasteiger partial charge in [0.25, 0.3) is 0 Å². The second-order valence-electron chi connectivity index (χ2n) is 6.53. The second-order valence-corrected chi connectivity index (χ2v) is 7.90. The summed E-state index contributed by atoms with van der Waals surface area (Å²) in [5.41, 5.74) is 8.80. The topological polar surface area (TPSA) is 43.8 Å². The lowest BCUT2D eigenvalue weighted by Crippen LogP contribution is -2.19. The minimum Gasteiger partial charge on any atom is -0.399 e. The summed E-state index contributed by atoms with van der Waals surface area (Å²) in [7, 11) is 0. The van der Waals surface area contributed by atoms with Gasteiger partial charge in [-0.05, 0) is 37.3 Å². The third kappa shape index (κ3) is 2.68. The first kappa shape index (κ1) is 14.1. The van der Waals surface area contributed by atoms with E-state index >= 15 is 0 Å². The zero-order chi connectivity index (χ0) is 15.2. The maximum atomic E-state index is 5.90. The fraction of sp³-hybridized carbons (Fsp3) is 0.353. The number of thiophene rings is 1. The molecule has 4 heteroatoms. The molecule has 0 bridgehead atoms. The third-order valence-electron chi connectivity index (χ3n) is 3.55. The van der Waals surface area contributed by atoms with Gasteiger partial charge in [-0.25, -0.2) is 4.98 Å². The number of anilines is 1. The van der Waals surface area contributed by atoms with Gasteiger partial charge in [0, 0.05) is 20.9 Å². The molecule has 21 heavy (non-hydrogen) atoms. The predicted octanol–water partition coefficient (Wildman–Crippen LogP) is 4.33. The monoisotopic (exact) mass is 299 g/mol. The number of benzene rings is 1. The van der Waals surface area contributed by atoms with Crippen LogP contribution in [0.15, 0.2) is 30.3 Å². The van der Waals surface area contributed by atoms with Crippen LogP contribution in [0, 0.1) is 6.92 Å². The molecule has 0 saturated heterocycles. The Balaban J connectivity index is 2.17. The number of rotatable bonds is 2. The lowest BCUT2D eigenvalue weighted by atomic mass is 9.95. The summed E-state index contributed by atoms with van der Waals surface area (Å²) in [4.78, 5) is 7.53. The van der Waals surface area contributed by atoms with Crippen molar-refractivity contribution in [1.29, 1.82) is 0 Å². The molecule has 0 aliphatic heterocycles. The first-order valence-corrected chi connectivity index (χ1v) is 7.98. The molecule has 0 fully saturated rings. The van der Waals surface area contributed by atoms with Crippen molar-refractivity contribution in [3.05, 3.63) is 45.9 Å². The number of aromatic nitrogens is 2. The molecule has 0 aliphatic carbocycles. The van der Waals surface area contributed by atoms with Crippen LogP contribution < -0.4 is 5.73 Å². The maximum Gasteiger partial charge on any atom is 0.115 e. The zero-order valence-corrected chi connectivity index (χ0v) is 13.8. The van der Waals surface area contributed by atoms with E-state index in [4.69, 9.17) is 10.7 Å². The van der Waals surface area contributed by atoms with Crippen LogP contribution in [0.5, 0.6) is 0 Å². The van der Waals surface area contributed by atoms with E-state index in [1.807, 2.05) is 23.5 Å². The molecular weight excluding hydrogens is 278 g/mol. The standard InChI is InChI=1S/C17H21N3S/c1-11-5-7-13(21-11)10-20-15-8-6-12(18)9-14(15)19-16(20)17(2,3)4/h5-9H,10,18H2,1-4H3. The number of hydrogen-bond acceptors (Lipinski definition) is 3. The van der Waals surface area contributed by atoms with Gasteiger partial charge in [-0.15, -0.1) is 11.3 Å². The van der Waals surface area contributed by atoms with E-state index in [1.165, 1.54) is 9.75 Å². The Kier molecular flexibility index (Phi) is 3.29. The highest BCUT2D eigenvalue weighted by molar-refractivity contribution is 7.11. The number of hydrogen-bond donors (Lipinski definition) is 1. The molecule has 110 valence electrons. The van der Waals surface area contributed by atoms with Crippen LogP contribution >= 0.6 is 11.3 Å². The van der Waals surface area contributed by atoms with Gasteiger partial charge in [0.15, 0.2) is 0 Å². The quantitative estimate of drug-likeness (QED) is 0.716. The average Bonchev–Trinajstić information content (AvgIpc) is 2.93. The van der Waals surface area contributed by atoms with Crippen LogP contribution in [-0.4, -0.2) is 9.55 Å². The summed E-state index contributed by atoms with van der Waals surface area (Å²) < 4.78 is 2.32. The van der Waals surface area contributed by atoms with Gasteiger partial charge in [0.1, 0.15) is 5.82 Å². The average molecular weight is 299 g/mol. The summed E-state index contributed by atoms with van der Waals surface area (Å²) in [6, 6.07) is 10.4. The third-order valence-corrected chi connectivity index (χ3v) is 4.54. The van der Waals surface area contributed by atoms with Crippen LogP contribution in [0.1, 0.15) is 36.3 Å². The Hall–Kier alpha value is -1.81. The minimum absolute atomic E-state index is 0.0000854. The molecule has 0 unspecified atom stereocenters. The Bertz CT molecular complexity index is 790. The largest absolute Gasteiger partial charge is 0.399 e. The highest BCUT2D eigenvalue weighted by Gasteiger charge is 2.23. The summed E-state index contributed by atoms with van der Waals surface area (Å²) in [5.74, 6) is 1.11. The van der Waals surface area contributed by atoms with Crippen molar-refractivity contribution in [2.45, 2.75) is 39.7 Å². The molecule has 0 spiro atoms. The molecule has 0 saturated carbocycles. The second kappa shape index (κ2) is 4.88. The summed E-state index contributed by atoms with van der Waals surface area (Å²) in [6.45, 7) is 9.62. The highest BCUT2D eigenvalue weighted by Crippen LogP contribution is 2.29. The van der Waals surface area contributed by atoms with Gasteiger partial charge in [0.05, 0.1) is 17.6 Å². The number of nitrogens with zero attached hydrogens (tertiary/aromatic N) is 2. The van der Waals surface area contributed by atoms with Crippen molar-refractivity contribution in [2.24, 2.45) is 0 Å². The molecule has 2 heterocycles. The highest BCUT2D eigenvalue weighted by atomic mass is 32.1. The van der Waals surface area contributed by atoms with Crippen molar-refractivity contribution >= 4 is 28.1 Å². The van der Waals surface area contributed by atoms with Crippen molar-refractivity contribution in [1.82, 2.24) is 9.55 Å². The molecule has 0 amide bonds. The fourth-order valence-electron chi connectivity index (χ4n) is 2.61. The van der Waals surface area contributed by atoms with E-state index in [0.29, 0.717) is 0 Å². The van der Waals surface area contributed by atoms with Crippen LogP contribution in [0.25, 0.3) is 11.0 Å². The van der Waals surface area contributed by atoms with Gasteiger partial charge < -0.3 is 10.3 Å². The van der Waals surface area contributed by atoms with Gasteiger partial charge in [-0.2, -0.15) is 0 Å². The van der Waals surface area contributed by atoms with E-state index in [2.05, 4.69) is 50.5 Å². The summed E-state index contributed by atoms with van der Waals surface area (Å²) in [6.07, 6.45) is 0. The predicted molar refractivity (Wildman–Crippen MR) is 91.0 cm³/mol. The lowest BCUT2D eigenvalue weighted by molar-refractivity contribution is 0.517. The molecule has 0 atom stereocenters. The summed E-state index contributed by atoms with van der Waals surface area (Å²) >= 11 is 1.84.